The Bertz CT molecular complexity index is 840. The second-order valence-corrected chi connectivity index (χ2v) is 6.27. The Balaban J connectivity index is 1.88. The molecule has 0 saturated carbocycles. The molecule has 1 fully saturated rings. The standard InChI is InChI=1S/C18H14ClF3N2O2/c19-11-6-7-14(13(10-11)18(20,21)22)23-17(26)15-8-9-16(25)24(15)12-4-2-1-3-5-12/h1-7,10,15H,8-9H2,(H,23,26). The minimum absolute atomic E-state index is 0.0859. The van der Waals surface area contributed by atoms with E-state index in [-0.39, 0.29) is 29.5 Å². The molecule has 1 aliphatic rings. The Kier molecular flexibility index (Phi) is 4.91. The van der Waals surface area contributed by atoms with Crippen LogP contribution in [0, 0.1) is 0 Å². The van der Waals surface area contributed by atoms with Gasteiger partial charge in [-0.2, -0.15) is 13.2 Å². The number of rotatable bonds is 3. The maximum Gasteiger partial charge on any atom is 0.418 e. The second kappa shape index (κ2) is 6.99. The van der Waals surface area contributed by atoms with Gasteiger partial charge in [-0.3, -0.25) is 14.5 Å². The molecular formula is C18H14ClF3N2O2. The monoisotopic (exact) mass is 382 g/mol. The Morgan fingerprint density at radius 1 is 1.15 bits per heavy atom. The summed E-state index contributed by atoms with van der Waals surface area (Å²) in [6.07, 6.45) is -4.29. The summed E-state index contributed by atoms with van der Waals surface area (Å²) in [5, 5.41) is 2.21. The molecule has 1 unspecified atom stereocenters. The molecule has 1 heterocycles. The van der Waals surface area contributed by atoms with Crippen LogP contribution in [0.15, 0.2) is 48.5 Å². The highest BCUT2D eigenvalue weighted by atomic mass is 35.5. The van der Waals surface area contributed by atoms with E-state index in [9.17, 15) is 22.8 Å². The molecular weight excluding hydrogens is 369 g/mol. The second-order valence-electron chi connectivity index (χ2n) is 5.83. The molecule has 136 valence electrons. The van der Waals surface area contributed by atoms with Crippen LogP contribution in [0.3, 0.4) is 0 Å². The topological polar surface area (TPSA) is 49.4 Å². The van der Waals surface area contributed by atoms with E-state index in [4.69, 9.17) is 11.6 Å². The van der Waals surface area contributed by atoms with Gasteiger partial charge >= 0.3 is 6.18 Å². The molecule has 1 N–H and O–H groups in total. The summed E-state index contributed by atoms with van der Waals surface area (Å²) >= 11 is 5.64. The molecule has 2 amide bonds. The molecule has 0 spiro atoms. The van der Waals surface area contributed by atoms with Crippen molar-refractivity contribution in [2.75, 3.05) is 10.2 Å². The summed E-state index contributed by atoms with van der Waals surface area (Å²) < 4.78 is 39.6. The van der Waals surface area contributed by atoms with Gasteiger partial charge in [-0.05, 0) is 36.8 Å². The number of carbonyl (C=O) groups is 2. The van der Waals surface area contributed by atoms with Crippen LogP contribution in [0.1, 0.15) is 18.4 Å². The van der Waals surface area contributed by atoms with Crippen LogP contribution >= 0.6 is 11.6 Å². The quantitative estimate of drug-likeness (QED) is 0.850. The number of hydrogen-bond acceptors (Lipinski definition) is 2. The molecule has 2 aromatic rings. The van der Waals surface area contributed by atoms with E-state index in [0.717, 1.165) is 12.1 Å². The van der Waals surface area contributed by atoms with Gasteiger partial charge in [0.2, 0.25) is 11.8 Å². The number of nitrogens with zero attached hydrogens (tertiary/aromatic N) is 1. The maximum atomic E-state index is 13.2. The van der Waals surface area contributed by atoms with E-state index in [1.54, 1.807) is 30.3 Å². The van der Waals surface area contributed by atoms with Crippen LogP contribution in [0.5, 0.6) is 0 Å². The molecule has 1 aliphatic heterocycles. The first kappa shape index (κ1) is 18.3. The van der Waals surface area contributed by atoms with E-state index < -0.39 is 23.7 Å². The number of nitrogens with one attached hydrogen (secondary N) is 1. The van der Waals surface area contributed by atoms with E-state index in [0.29, 0.717) is 5.69 Å². The predicted molar refractivity (Wildman–Crippen MR) is 92.0 cm³/mol. The van der Waals surface area contributed by atoms with Crippen LogP contribution in [0.25, 0.3) is 0 Å². The molecule has 0 bridgehead atoms. The highest BCUT2D eigenvalue weighted by Crippen LogP contribution is 2.37. The number of amides is 2. The van der Waals surface area contributed by atoms with Gasteiger partial charge in [0.1, 0.15) is 6.04 Å². The van der Waals surface area contributed by atoms with Crippen molar-refractivity contribution in [2.45, 2.75) is 25.1 Å². The van der Waals surface area contributed by atoms with Crippen molar-refractivity contribution in [3.05, 3.63) is 59.1 Å². The first-order chi connectivity index (χ1) is 12.3. The molecule has 3 rings (SSSR count). The minimum Gasteiger partial charge on any atom is -0.324 e. The highest BCUT2D eigenvalue weighted by Gasteiger charge is 2.39. The fourth-order valence-electron chi connectivity index (χ4n) is 2.92. The number of para-hydroxylation sites is 1. The van der Waals surface area contributed by atoms with Gasteiger partial charge in [-0.15, -0.1) is 0 Å². The van der Waals surface area contributed by atoms with Crippen molar-refractivity contribution in [1.29, 1.82) is 0 Å². The smallest absolute Gasteiger partial charge is 0.324 e. The fraction of sp³-hybridized carbons (Fsp3) is 0.222. The summed E-state index contributed by atoms with van der Waals surface area (Å²) in [7, 11) is 0. The third-order valence-corrected chi connectivity index (χ3v) is 4.33. The van der Waals surface area contributed by atoms with Gasteiger partial charge in [0, 0.05) is 17.1 Å². The number of anilines is 2. The molecule has 0 radical (unpaired) electrons. The zero-order chi connectivity index (χ0) is 18.9. The molecule has 2 aromatic carbocycles. The lowest BCUT2D eigenvalue weighted by atomic mass is 10.1. The number of benzene rings is 2. The Labute approximate surface area is 152 Å². The fourth-order valence-corrected chi connectivity index (χ4v) is 3.09. The average Bonchev–Trinajstić information content (AvgIpc) is 2.98. The summed E-state index contributed by atoms with van der Waals surface area (Å²) in [5.74, 6) is -0.920. The molecule has 1 saturated heterocycles. The molecule has 0 aliphatic carbocycles. The SMILES string of the molecule is O=C(Nc1ccc(Cl)cc1C(F)(F)F)C1CCC(=O)N1c1ccccc1. The highest BCUT2D eigenvalue weighted by molar-refractivity contribution is 6.30. The van der Waals surface area contributed by atoms with Gasteiger partial charge in [0.25, 0.3) is 0 Å². The lowest BCUT2D eigenvalue weighted by molar-refractivity contribution is -0.137. The number of alkyl halides is 3. The zero-order valence-corrected chi connectivity index (χ0v) is 14.1. The van der Waals surface area contributed by atoms with Gasteiger partial charge in [-0.1, -0.05) is 29.8 Å². The molecule has 4 nitrogen and oxygen atoms in total. The average molecular weight is 383 g/mol. The number of carbonyl (C=O) groups excluding carboxylic acids is 2. The van der Waals surface area contributed by atoms with E-state index >= 15 is 0 Å². The Morgan fingerprint density at radius 2 is 1.85 bits per heavy atom. The number of halogens is 4. The largest absolute Gasteiger partial charge is 0.418 e. The van der Waals surface area contributed by atoms with E-state index in [1.165, 1.54) is 11.0 Å². The van der Waals surface area contributed by atoms with Crippen molar-refractivity contribution in [3.8, 4) is 0 Å². The summed E-state index contributed by atoms with van der Waals surface area (Å²) in [4.78, 5) is 26.1. The molecule has 1 atom stereocenters. The van der Waals surface area contributed by atoms with Gasteiger partial charge < -0.3 is 5.32 Å². The molecule has 26 heavy (non-hydrogen) atoms. The van der Waals surface area contributed by atoms with Crippen molar-refractivity contribution >= 4 is 34.8 Å². The third-order valence-electron chi connectivity index (χ3n) is 4.09. The van der Waals surface area contributed by atoms with Crippen molar-refractivity contribution < 1.29 is 22.8 Å². The predicted octanol–water partition coefficient (Wildman–Crippen LogP) is 4.49. The summed E-state index contributed by atoms with van der Waals surface area (Å²) in [6, 6.07) is 10.8. The minimum atomic E-state index is -4.67. The Morgan fingerprint density at radius 3 is 2.50 bits per heavy atom. The molecule has 8 heteroatoms. The molecule has 0 aromatic heterocycles. The Hall–Kier alpha value is -2.54. The van der Waals surface area contributed by atoms with Crippen LogP contribution < -0.4 is 10.2 Å². The van der Waals surface area contributed by atoms with Crippen molar-refractivity contribution in [3.63, 3.8) is 0 Å². The van der Waals surface area contributed by atoms with Gasteiger partial charge in [-0.25, -0.2) is 0 Å². The van der Waals surface area contributed by atoms with Gasteiger partial charge in [0.05, 0.1) is 11.3 Å². The third kappa shape index (κ3) is 3.67. The van der Waals surface area contributed by atoms with Crippen LogP contribution in [-0.4, -0.2) is 17.9 Å². The van der Waals surface area contributed by atoms with Gasteiger partial charge in [0.15, 0.2) is 0 Å². The van der Waals surface area contributed by atoms with E-state index in [1.807, 2.05) is 0 Å². The summed E-state index contributed by atoms with van der Waals surface area (Å²) in [5.41, 5.74) is -0.893. The lowest BCUT2D eigenvalue weighted by Crippen LogP contribution is -2.42. The first-order valence-electron chi connectivity index (χ1n) is 7.82. The maximum absolute atomic E-state index is 13.2. The first-order valence-corrected chi connectivity index (χ1v) is 8.20. The van der Waals surface area contributed by atoms with Crippen LogP contribution in [0.2, 0.25) is 5.02 Å². The van der Waals surface area contributed by atoms with Crippen LogP contribution in [0.4, 0.5) is 24.5 Å². The van der Waals surface area contributed by atoms with Crippen molar-refractivity contribution in [1.82, 2.24) is 0 Å². The zero-order valence-electron chi connectivity index (χ0n) is 13.4. The number of hydrogen-bond donors (Lipinski definition) is 1. The van der Waals surface area contributed by atoms with Crippen LogP contribution in [-0.2, 0) is 15.8 Å². The normalized spacial score (nSPS) is 17.5. The van der Waals surface area contributed by atoms with Crippen molar-refractivity contribution in [2.24, 2.45) is 0 Å². The van der Waals surface area contributed by atoms with E-state index in [2.05, 4.69) is 5.32 Å². The lowest BCUT2D eigenvalue weighted by Gasteiger charge is -2.24. The summed E-state index contributed by atoms with van der Waals surface area (Å²) in [6.45, 7) is 0.